The van der Waals surface area contributed by atoms with Crippen molar-refractivity contribution in [1.29, 1.82) is 0 Å². The van der Waals surface area contributed by atoms with Crippen molar-refractivity contribution in [3.63, 3.8) is 0 Å². The van der Waals surface area contributed by atoms with Gasteiger partial charge in [-0.3, -0.25) is 25.0 Å². The van der Waals surface area contributed by atoms with E-state index < -0.39 is 32.9 Å². The summed E-state index contributed by atoms with van der Waals surface area (Å²) in [7, 11) is 0. The van der Waals surface area contributed by atoms with Gasteiger partial charge in [-0.2, -0.15) is 0 Å². The van der Waals surface area contributed by atoms with Gasteiger partial charge in [-0.15, -0.1) is 0 Å². The molecular formula is C16H15FN4O5. The first-order valence-electron chi connectivity index (χ1n) is 7.50. The van der Waals surface area contributed by atoms with E-state index in [0.717, 1.165) is 18.2 Å². The number of benzene rings is 2. The zero-order valence-electron chi connectivity index (χ0n) is 13.7. The number of rotatable bonds is 7. The molecule has 2 aromatic rings. The Balaban J connectivity index is 1.95. The predicted octanol–water partition coefficient (Wildman–Crippen LogP) is 2.79. The van der Waals surface area contributed by atoms with Crippen LogP contribution < -0.4 is 10.6 Å². The lowest BCUT2D eigenvalue weighted by Gasteiger charge is -2.09. The van der Waals surface area contributed by atoms with Crippen molar-refractivity contribution in [2.24, 2.45) is 0 Å². The predicted molar refractivity (Wildman–Crippen MR) is 91.7 cm³/mol. The fourth-order valence-electron chi connectivity index (χ4n) is 2.14. The molecule has 10 heteroatoms. The van der Waals surface area contributed by atoms with Crippen molar-refractivity contribution in [3.8, 4) is 0 Å². The van der Waals surface area contributed by atoms with Gasteiger partial charge >= 0.3 is 0 Å². The first-order chi connectivity index (χ1) is 12.3. The normalized spacial score (nSPS) is 10.2. The summed E-state index contributed by atoms with van der Waals surface area (Å²) in [6, 6.07) is 7.33. The highest BCUT2D eigenvalue weighted by Gasteiger charge is 2.19. The van der Waals surface area contributed by atoms with Gasteiger partial charge in [0.1, 0.15) is 11.5 Å². The number of halogens is 1. The number of anilines is 1. The van der Waals surface area contributed by atoms with Crippen LogP contribution in [-0.2, 0) is 0 Å². The summed E-state index contributed by atoms with van der Waals surface area (Å²) in [5.41, 5.74) is -0.151. The van der Waals surface area contributed by atoms with Crippen molar-refractivity contribution in [2.45, 2.75) is 6.92 Å². The van der Waals surface area contributed by atoms with Crippen molar-refractivity contribution in [2.75, 3.05) is 18.4 Å². The number of non-ortho nitro benzene ring substituents is 1. The molecule has 136 valence electrons. The zero-order valence-corrected chi connectivity index (χ0v) is 13.7. The van der Waals surface area contributed by atoms with Gasteiger partial charge in [0, 0.05) is 24.7 Å². The molecule has 0 aromatic heterocycles. The van der Waals surface area contributed by atoms with Gasteiger partial charge < -0.3 is 10.6 Å². The molecule has 2 rings (SSSR count). The Hall–Kier alpha value is -3.56. The van der Waals surface area contributed by atoms with E-state index in [1.807, 2.05) is 0 Å². The average Bonchev–Trinajstić information content (AvgIpc) is 2.60. The lowest BCUT2D eigenvalue weighted by atomic mass is 10.1. The molecular weight excluding hydrogens is 347 g/mol. The Morgan fingerprint density at radius 3 is 2.42 bits per heavy atom. The van der Waals surface area contributed by atoms with Crippen LogP contribution in [0, 0.1) is 33.0 Å². The fraction of sp³-hybridized carbons (Fsp3) is 0.188. The van der Waals surface area contributed by atoms with Gasteiger partial charge in [0.25, 0.3) is 17.3 Å². The van der Waals surface area contributed by atoms with Crippen molar-refractivity contribution in [3.05, 3.63) is 73.6 Å². The van der Waals surface area contributed by atoms with Crippen molar-refractivity contribution in [1.82, 2.24) is 5.32 Å². The molecule has 0 radical (unpaired) electrons. The van der Waals surface area contributed by atoms with E-state index >= 15 is 0 Å². The topological polar surface area (TPSA) is 127 Å². The molecule has 0 saturated carbocycles. The van der Waals surface area contributed by atoms with Crippen LogP contribution in [0.15, 0.2) is 36.4 Å². The monoisotopic (exact) mass is 362 g/mol. The van der Waals surface area contributed by atoms with Crippen molar-refractivity contribution >= 4 is 23.0 Å². The molecule has 0 fully saturated rings. The van der Waals surface area contributed by atoms with E-state index in [9.17, 15) is 29.4 Å². The molecule has 0 unspecified atom stereocenters. The minimum absolute atomic E-state index is 0.0937. The summed E-state index contributed by atoms with van der Waals surface area (Å²) < 4.78 is 13.5. The van der Waals surface area contributed by atoms with E-state index in [-0.39, 0.29) is 24.3 Å². The van der Waals surface area contributed by atoms with Crippen LogP contribution in [0.4, 0.5) is 21.5 Å². The van der Waals surface area contributed by atoms with E-state index in [2.05, 4.69) is 10.6 Å². The highest BCUT2D eigenvalue weighted by molar-refractivity contribution is 5.94. The second-order valence-electron chi connectivity index (χ2n) is 5.36. The molecule has 2 N–H and O–H groups in total. The number of nitrogens with one attached hydrogen (secondary N) is 2. The lowest BCUT2D eigenvalue weighted by Crippen LogP contribution is -2.29. The molecule has 1 amide bonds. The number of amides is 1. The third kappa shape index (κ3) is 4.50. The maximum Gasteiger partial charge on any atom is 0.299 e. The largest absolute Gasteiger partial charge is 0.378 e. The van der Waals surface area contributed by atoms with Gasteiger partial charge in [-0.25, -0.2) is 4.39 Å². The molecule has 0 heterocycles. The smallest absolute Gasteiger partial charge is 0.299 e. The van der Waals surface area contributed by atoms with Crippen LogP contribution in [0.3, 0.4) is 0 Å². The summed E-state index contributed by atoms with van der Waals surface area (Å²) in [5, 5.41) is 27.0. The minimum Gasteiger partial charge on any atom is -0.378 e. The fourth-order valence-corrected chi connectivity index (χ4v) is 2.14. The second kappa shape index (κ2) is 8.01. The van der Waals surface area contributed by atoms with Gasteiger partial charge in [-0.1, -0.05) is 6.07 Å². The van der Waals surface area contributed by atoms with Gasteiger partial charge in [0.15, 0.2) is 0 Å². The lowest BCUT2D eigenvalue weighted by molar-refractivity contribution is -0.393. The highest BCUT2D eigenvalue weighted by Crippen LogP contribution is 2.28. The molecule has 0 aliphatic carbocycles. The molecule has 0 bridgehead atoms. The average molecular weight is 362 g/mol. The molecule has 2 aromatic carbocycles. The number of nitro groups is 2. The Morgan fingerprint density at radius 2 is 1.81 bits per heavy atom. The van der Waals surface area contributed by atoms with Crippen LogP contribution in [0.2, 0.25) is 0 Å². The van der Waals surface area contributed by atoms with Crippen LogP contribution in [-0.4, -0.2) is 28.8 Å². The van der Waals surface area contributed by atoms with E-state index in [0.29, 0.717) is 5.56 Å². The Morgan fingerprint density at radius 1 is 1.08 bits per heavy atom. The second-order valence-corrected chi connectivity index (χ2v) is 5.36. The zero-order chi connectivity index (χ0) is 19.3. The van der Waals surface area contributed by atoms with Crippen LogP contribution in [0.25, 0.3) is 0 Å². The SMILES string of the molecule is Cc1ccc(C(=O)NCCNc2ccc([N+](=O)[O-])cc2[N+](=O)[O-])cc1F. The quantitative estimate of drug-likeness (QED) is 0.443. The number of carbonyl (C=O) groups excluding carboxylic acids is 1. The molecule has 0 saturated heterocycles. The highest BCUT2D eigenvalue weighted by atomic mass is 19.1. The Labute approximate surface area is 147 Å². The standard InChI is InChI=1S/C16H15FN4O5/c1-10-2-3-11(8-13(10)17)16(22)19-7-6-18-14-5-4-12(20(23)24)9-15(14)21(25)26/h2-5,8-9,18H,6-7H2,1H3,(H,19,22). The van der Waals surface area contributed by atoms with Crippen molar-refractivity contribution < 1.29 is 19.0 Å². The summed E-state index contributed by atoms with van der Waals surface area (Å²) in [5.74, 6) is -0.971. The molecule has 0 aliphatic heterocycles. The third-order valence-corrected chi connectivity index (χ3v) is 3.55. The molecule has 0 atom stereocenters. The number of nitro benzene ring substituents is 2. The van der Waals surface area contributed by atoms with E-state index in [4.69, 9.17) is 0 Å². The molecule has 0 aliphatic rings. The summed E-state index contributed by atoms with van der Waals surface area (Å²) in [6.07, 6.45) is 0. The Bertz CT molecular complexity index is 872. The number of carbonyl (C=O) groups is 1. The number of nitrogens with zero attached hydrogens (tertiary/aromatic N) is 2. The summed E-state index contributed by atoms with van der Waals surface area (Å²) in [6.45, 7) is 1.83. The maximum atomic E-state index is 13.5. The van der Waals surface area contributed by atoms with Gasteiger partial charge in [0.05, 0.1) is 15.9 Å². The van der Waals surface area contributed by atoms with Crippen LogP contribution in [0.1, 0.15) is 15.9 Å². The molecule has 26 heavy (non-hydrogen) atoms. The van der Waals surface area contributed by atoms with E-state index in [1.54, 1.807) is 6.92 Å². The first kappa shape index (κ1) is 18.8. The number of hydrogen-bond donors (Lipinski definition) is 2. The summed E-state index contributed by atoms with van der Waals surface area (Å²) in [4.78, 5) is 32.2. The van der Waals surface area contributed by atoms with Crippen LogP contribution >= 0.6 is 0 Å². The molecule has 0 spiro atoms. The third-order valence-electron chi connectivity index (χ3n) is 3.55. The van der Waals surface area contributed by atoms with Gasteiger partial charge in [0.2, 0.25) is 0 Å². The summed E-state index contributed by atoms with van der Waals surface area (Å²) >= 11 is 0. The molecule has 9 nitrogen and oxygen atoms in total. The number of aryl methyl sites for hydroxylation is 1. The number of hydrogen-bond acceptors (Lipinski definition) is 6. The Kier molecular flexibility index (Phi) is 5.78. The minimum atomic E-state index is -0.733. The maximum absolute atomic E-state index is 13.5. The van der Waals surface area contributed by atoms with Crippen LogP contribution in [0.5, 0.6) is 0 Å². The van der Waals surface area contributed by atoms with Gasteiger partial charge in [-0.05, 0) is 30.7 Å². The van der Waals surface area contributed by atoms with E-state index in [1.165, 1.54) is 18.2 Å². The first-order valence-corrected chi connectivity index (χ1v) is 7.50.